The van der Waals surface area contributed by atoms with Gasteiger partial charge in [0.2, 0.25) is 5.91 Å². The third kappa shape index (κ3) is 5.57. The van der Waals surface area contributed by atoms with E-state index in [1.54, 1.807) is 12.1 Å². The fourth-order valence-electron chi connectivity index (χ4n) is 4.23. The van der Waals surface area contributed by atoms with Crippen LogP contribution in [0, 0.1) is 11.8 Å². The Hall–Kier alpha value is -1.48. The van der Waals surface area contributed by atoms with Crippen LogP contribution in [0.3, 0.4) is 0 Å². The molecular formula is C24H26Cl3NO. The molecule has 0 N–H and O–H groups in total. The van der Waals surface area contributed by atoms with Gasteiger partial charge in [0.25, 0.3) is 0 Å². The van der Waals surface area contributed by atoms with Crippen molar-refractivity contribution in [2.75, 3.05) is 13.1 Å². The summed E-state index contributed by atoms with van der Waals surface area (Å²) < 4.78 is 0. The van der Waals surface area contributed by atoms with E-state index >= 15 is 0 Å². The monoisotopic (exact) mass is 449 g/mol. The van der Waals surface area contributed by atoms with Crippen LogP contribution < -0.4 is 0 Å². The number of likely N-dealkylation sites (tertiary alicyclic amines) is 1. The highest BCUT2D eigenvalue weighted by atomic mass is 35.5. The number of halogens is 3. The molecule has 0 aliphatic carbocycles. The lowest BCUT2D eigenvalue weighted by atomic mass is 9.83. The summed E-state index contributed by atoms with van der Waals surface area (Å²) in [6, 6.07) is 13.6. The molecule has 0 aromatic heterocycles. The van der Waals surface area contributed by atoms with Gasteiger partial charge < -0.3 is 4.90 Å². The van der Waals surface area contributed by atoms with Crippen molar-refractivity contribution in [2.45, 2.75) is 32.1 Å². The third-order valence-corrected chi connectivity index (χ3v) is 6.63. The summed E-state index contributed by atoms with van der Waals surface area (Å²) in [6.45, 7) is 7.33. The van der Waals surface area contributed by atoms with Gasteiger partial charge in [-0.2, -0.15) is 0 Å². The molecule has 5 heteroatoms. The van der Waals surface area contributed by atoms with Crippen molar-refractivity contribution >= 4 is 40.7 Å². The first-order chi connectivity index (χ1) is 13.9. The average molecular weight is 451 g/mol. The first-order valence-corrected chi connectivity index (χ1v) is 11.1. The van der Waals surface area contributed by atoms with E-state index in [0.29, 0.717) is 16.6 Å². The summed E-state index contributed by atoms with van der Waals surface area (Å²) >= 11 is 18.4. The zero-order valence-electron chi connectivity index (χ0n) is 16.6. The van der Waals surface area contributed by atoms with Crippen molar-refractivity contribution in [3.8, 4) is 0 Å². The number of benzene rings is 2. The van der Waals surface area contributed by atoms with Gasteiger partial charge in [-0.25, -0.2) is 0 Å². The number of hydrogen-bond donors (Lipinski definition) is 0. The Bertz CT molecular complexity index is 865. The minimum atomic E-state index is 0.0131. The summed E-state index contributed by atoms with van der Waals surface area (Å²) in [6.07, 6.45) is 4.41. The highest BCUT2D eigenvalue weighted by Gasteiger charge is 2.39. The number of amides is 1. The lowest BCUT2D eigenvalue weighted by molar-refractivity contribution is -0.131. The highest BCUT2D eigenvalue weighted by molar-refractivity contribution is 6.35. The smallest absolute Gasteiger partial charge is 0.226 e. The molecule has 2 aromatic rings. The molecule has 2 aromatic carbocycles. The predicted molar refractivity (Wildman–Crippen MR) is 123 cm³/mol. The molecular weight excluding hydrogens is 425 g/mol. The van der Waals surface area contributed by atoms with Crippen LogP contribution in [0.5, 0.6) is 0 Å². The van der Waals surface area contributed by atoms with Crippen LogP contribution in [0.2, 0.25) is 15.1 Å². The predicted octanol–water partition coefficient (Wildman–Crippen LogP) is 7.03. The van der Waals surface area contributed by atoms with Crippen LogP contribution in [0.4, 0.5) is 0 Å². The minimum absolute atomic E-state index is 0.0131. The molecule has 3 atom stereocenters. The summed E-state index contributed by atoms with van der Waals surface area (Å²) in [5.41, 5.74) is 2.30. The van der Waals surface area contributed by atoms with Gasteiger partial charge in [0.1, 0.15) is 0 Å². The van der Waals surface area contributed by atoms with Gasteiger partial charge in [-0.15, -0.1) is 6.58 Å². The lowest BCUT2D eigenvalue weighted by Gasteiger charge is -2.20. The molecule has 2 nitrogen and oxygen atoms in total. The maximum absolute atomic E-state index is 13.0. The van der Waals surface area contributed by atoms with Crippen LogP contribution in [0.25, 0.3) is 0 Å². The van der Waals surface area contributed by atoms with Crippen LogP contribution in [-0.4, -0.2) is 23.9 Å². The Morgan fingerprint density at radius 2 is 1.83 bits per heavy atom. The molecule has 1 fully saturated rings. The van der Waals surface area contributed by atoms with Crippen LogP contribution in [0.1, 0.15) is 36.8 Å². The molecule has 29 heavy (non-hydrogen) atoms. The molecule has 1 aliphatic rings. The third-order valence-electron chi connectivity index (χ3n) is 5.82. The molecule has 1 saturated heterocycles. The van der Waals surface area contributed by atoms with E-state index < -0.39 is 0 Å². The van der Waals surface area contributed by atoms with Crippen molar-refractivity contribution in [2.24, 2.45) is 11.8 Å². The Balaban J connectivity index is 1.71. The molecule has 3 rings (SSSR count). The number of hydrogen-bond acceptors (Lipinski definition) is 1. The van der Waals surface area contributed by atoms with Gasteiger partial charge in [-0.3, -0.25) is 4.79 Å². The van der Waals surface area contributed by atoms with Crippen molar-refractivity contribution in [3.63, 3.8) is 0 Å². The molecule has 3 unspecified atom stereocenters. The standard InChI is InChI=1S/C24H26Cl3NO/c1-3-12-28-15-18(13-17-5-7-19(25)8-6-17)22(24(28)29)10-4-16(2)21-11-9-20(26)14-23(21)27/h3,5-9,11,14,16,18,22H,1,4,10,12-13,15H2,2H3. The van der Waals surface area contributed by atoms with E-state index in [0.717, 1.165) is 36.4 Å². The molecule has 0 saturated carbocycles. The minimum Gasteiger partial charge on any atom is -0.338 e. The molecule has 1 heterocycles. The zero-order chi connectivity index (χ0) is 21.0. The maximum atomic E-state index is 13.0. The summed E-state index contributed by atoms with van der Waals surface area (Å²) in [7, 11) is 0. The van der Waals surface area contributed by atoms with Gasteiger partial charge >= 0.3 is 0 Å². The second kappa shape index (κ2) is 10.0. The van der Waals surface area contributed by atoms with Crippen molar-refractivity contribution in [1.82, 2.24) is 4.90 Å². The lowest BCUT2D eigenvalue weighted by Crippen LogP contribution is -2.27. The van der Waals surface area contributed by atoms with E-state index in [1.165, 1.54) is 5.56 Å². The number of nitrogens with zero attached hydrogens (tertiary/aromatic N) is 1. The van der Waals surface area contributed by atoms with E-state index in [9.17, 15) is 4.79 Å². The SMILES string of the molecule is C=CCN1CC(Cc2ccc(Cl)cc2)C(CCC(C)c2ccc(Cl)cc2Cl)C1=O. The zero-order valence-corrected chi connectivity index (χ0v) is 18.9. The normalized spacial score (nSPS) is 20.1. The molecule has 0 spiro atoms. The Labute approximate surface area is 188 Å². The van der Waals surface area contributed by atoms with Crippen LogP contribution in [0.15, 0.2) is 55.1 Å². The number of rotatable bonds is 8. The molecule has 0 radical (unpaired) electrons. The highest BCUT2D eigenvalue weighted by Crippen LogP contribution is 2.36. The molecule has 1 amide bonds. The van der Waals surface area contributed by atoms with E-state index in [1.807, 2.05) is 29.2 Å². The Morgan fingerprint density at radius 3 is 2.48 bits per heavy atom. The Morgan fingerprint density at radius 1 is 1.14 bits per heavy atom. The van der Waals surface area contributed by atoms with Crippen molar-refractivity contribution in [1.29, 1.82) is 0 Å². The van der Waals surface area contributed by atoms with Gasteiger partial charge in [0, 0.05) is 34.1 Å². The molecule has 0 bridgehead atoms. The number of carbonyl (C=O) groups is 1. The maximum Gasteiger partial charge on any atom is 0.226 e. The van der Waals surface area contributed by atoms with Crippen molar-refractivity contribution < 1.29 is 4.79 Å². The fraction of sp³-hybridized carbons (Fsp3) is 0.375. The van der Waals surface area contributed by atoms with E-state index in [-0.39, 0.29) is 23.7 Å². The first kappa shape index (κ1) is 22.2. The average Bonchev–Trinajstić information content (AvgIpc) is 2.96. The van der Waals surface area contributed by atoms with Crippen LogP contribution in [-0.2, 0) is 11.2 Å². The second-order valence-electron chi connectivity index (χ2n) is 7.87. The van der Waals surface area contributed by atoms with Crippen LogP contribution >= 0.6 is 34.8 Å². The van der Waals surface area contributed by atoms with Gasteiger partial charge in [0.05, 0.1) is 0 Å². The summed E-state index contributed by atoms with van der Waals surface area (Å²) in [4.78, 5) is 15.0. The largest absolute Gasteiger partial charge is 0.338 e. The molecule has 154 valence electrons. The molecule has 1 aliphatic heterocycles. The fourth-order valence-corrected chi connectivity index (χ4v) is 4.95. The second-order valence-corrected chi connectivity index (χ2v) is 9.15. The van der Waals surface area contributed by atoms with Crippen molar-refractivity contribution in [3.05, 3.63) is 81.3 Å². The van der Waals surface area contributed by atoms with Gasteiger partial charge in [-0.1, -0.05) is 66.0 Å². The van der Waals surface area contributed by atoms with Gasteiger partial charge in [-0.05, 0) is 66.5 Å². The van der Waals surface area contributed by atoms with E-state index in [4.69, 9.17) is 34.8 Å². The Kier molecular flexibility index (Phi) is 7.67. The topological polar surface area (TPSA) is 20.3 Å². The van der Waals surface area contributed by atoms with Gasteiger partial charge in [0.15, 0.2) is 0 Å². The van der Waals surface area contributed by atoms with E-state index in [2.05, 4.69) is 25.6 Å². The summed E-state index contributed by atoms with van der Waals surface area (Å²) in [5, 5.41) is 2.06. The number of carbonyl (C=O) groups excluding carboxylic acids is 1. The quantitative estimate of drug-likeness (QED) is 0.395. The summed E-state index contributed by atoms with van der Waals surface area (Å²) in [5.74, 6) is 0.797. The first-order valence-electron chi connectivity index (χ1n) is 9.98.